The molecule has 0 bridgehead atoms. The number of hydrogen-bond donors (Lipinski definition) is 0. The number of amidine groups is 2. The van der Waals surface area contributed by atoms with Gasteiger partial charge in [0.2, 0.25) is 0 Å². The quantitative estimate of drug-likeness (QED) is 0.186. The molecule has 0 aliphatic heterocycles. The molecule has 0 saturated carbocycles. The van der Waals surface area contributed by atoms with Crippen LogP contribution in [0.1, 0.15) is 40.2 Å². The third-order valence-electron chi connectivity index (χ3n) is 4.05. The molecule has 0 aliphatic rings. The van der Waals surface area contributed by atoms with Crippen LogP contribution in [0.15, 0.2) is 44.7 Å². The van der Waals surface area contributed by atoms with Crippen LogP contribution in [0.4, 0.5) is 4.39 Å². The van der Waals surface area contributed by atoms with Crippen LogP contribution in [0.5, 0.6) is 0 Å². The molecule has 0 fully saturated rings. The van der Waals surface area contributed by atoms with Gasteiger partial charge in [-0.05, 0) is 58.9 Å². The van der Waals surface area contributed by atoms with Gasteiger partial charge in [-0.3, -0.25) is 0 Å². The number of hydrogen-bond acceptors (Lipinski definition) is 6. The van der Waals surface area contributed by atoms with Crippen molar-refractivity contribution in [2.24, 2.45) is 20.4 Å². The van der Waals surface area contributed by atoms with Gasteiger partial charge in [0.05, 0.1) is 5.71 Å². The second-order valence-electron chi connectivity index (χ2n) is 5.75. The topological polar surface area (TPSA) is 55.9 Å². The van der Waals surface area contributed by atoms with Crippen molar-refractivity contribution in [3.63, 3.8) is 0 Å². The minimum atomic E-state index is -0.333. The second kappa shape index (κ2) is 14.4. The van der Waals surface area contributed by atoms with Gasteiger partial charge in [0.25, 0.3) is 0 Å². The van der Waals surface area contributed by atoms with Crippen LogP contribution in [0.2, 0.25) is 0 Å². The van der Waals surface area contributed by atoms with Crippen LogP contribution >= 0.6 is 0 Å². The molecule has 1 radical (unpaired) electrons. The van der Waals surface area contributed by atoms with Gasteiger partial charge in [0.15, 0.2) is 0 Å². The molecule has 0 spiro atoms. The zero-order chi connectivity index (χ0) is 21.1. The Labute approximate surface area is 194 Å². The van der Waals surface area contributed by atoms with E-state index in [1.54, 1.807) is 19.1 Å². The van der Waals surface area contributed by atoms with Gasteiger partial charge in [-0.25, -0.2) is 4.39 Å². The Bertz CT molecular complexity index is 742. The van der Waals surface area contributed by atoms with Gasteiger partial charge in [-0.15, -0.1) is 5.10 Å². The average molecular weight is 486 g/mol. The van der Waals surface area contributed by atoms with Crippen LogP contribution in [0.3, 0.4) is 0 Å². The molecular weight excluding hydrogens is 459 g/mol. The third kappa shape index (κ3) is 8.74. The Kier molecular flexibility index (Phi) is 13.6. The van der Waals surface area contributed by atoms with E-state index in [0.717, 1.165) is 26.2 Å². The van der Waals surface area contributed by atoms with Gasteiger partial charge >= 0.3 is 17.1 Å². The van der Waals surface area contributed by atoms with Crippen molar-refractivity contribution < 1.29 is 21.5 Å². The molecule has 0 heterocycles. The minimum absolute atomic E-state index is 0. The molecule has 0 unspecified atom stereocenters. The van der Waals surface area contributed by atoms with Crippen molar-refractivity contribution in [2.45, 2.75) is 34.6 Å². The molecule has 0 aromatic heterocycles. The molecule has 0 aliphatic carbocycles. The fourth-order valence-electron chi connectivity index (χ4n) is 2.32. The molecule has 163 valence electrons. The predicted octanol–water partition coefficient (Wildman–Crippen LogP) is 3.39. The summed E-state index contributed by atoms with van der Waals surface area (Å²) >= 11 is 10.6. The first-order valence-electron chi connectivity index (χ1n) is 9.25. The van der Waals surface area contributed by atoms with Crippen molar-refractivity contribution in [3.8, 4) is 0 Å². The Morgan fingerprint density at radius 1 is 0.793 bits per heavy atom. The van der Waals surface area contributed by atoms with E-state index in [0.29, 0.717) is 27.3 Å². The van der Waals surface area contributed by atoms with Crippen molar-refractivity contribution >= 4 is 47.0 Å². The van der Waals surface area contributed by atoms with E-state index in [-0.39, 0.29) is 22.9 Å². The van der Waals surface area contributed by atoms with Gasteiger partial charge in [0, 0.05) is 42.1 Å². The molecule has 1 aromatic rings. The first kappa shape index (κ1) is 27.4. The maximum absolute atomic E-state index is 13.3. The van der Waals surface area contributed by atoms with Gasteiger partial charge in [-0.1, -0.05) is 0 Å². The van der Waals surface area contributed by atoms with Crippen LogP contribution in [0.25, 0.3) is 0 Å². The molecular formula is C19H27CuFN6S2. The van der Waals surface area contributed by atoms with Gasteiger partial charge < -0.3 is 35.1 Å². The van der Waals surface area contributed by atoms with Crippen molar-refractivity contribution in [2.75, 3.05) is 26.2 Å². The summed E-state index contributed by atoms with van der Waals surface area (Å²) in [6.07, 6.45) is 0. The second-order valence-corrected chi connectivity index (χ2v) is 6.48. The summed E-state index contributed by atoms with van der Waals surface area (Å²) in [7, 11) is 0. The number of halogens is 1. The standard InChI is InChI=1S/C19H29FN6S2.Cu/c1-6-25(7-2)18(27)23-21-14(5)17(15-10-12-16(20)13-11-15)22-24-19(28)26(8-3)9-4;/h10-13H,6-9H2,1-5H3,(H,23,27)(H,24,28);/q;+2/p-2. The fourth-order valence-corrected chi connectivity index (χ4v) is 2.92. The van der Waals surface area contributed by atoms with E-state index in [1.807, 2.05) is 37.5 Å². The van der Waals surface area contributed by atoms with Crippen molar-refractivity contribution in [1.82, 2.24) is 9.80 Å². The van der Waals surface area contributed by atoms with E-state index in [2.05, 4.69) is 20.4 Å². The number of rotatable bonds is 8. The molecule has 1 rings (SSSR count). The van der Waals surface area contributed by atoms with Crippen molar-refractivity contribution in [1.29, 1.82) is 0 Å². The third-order valence-corrected chi connectivity index (χ3v) is 4.73. The van der Waals surface area contributed by atoms with Crippen LogP contribution < -0.4 is 0 Å². The molecule has 0 N–H and O–H groups in total. The Morgan fingerprint density at radius 2 is 1.21 bits per heavy atom. The van der Waals surface area contributed by atoms with Crippen LogP contribution in [0, 0.1) is 5.82 Å². The van der Waals surface area contributed by atoms with E-state index < -0.39 is 0 Å². The monoisotopic (exact) mass is 485 g/mol. The fraction of sp³-hybridized carbons (Fsp3) is 0.474. The maximum atomic E-state index is 13.3. The van der Waals surface area contributed by atoms with E-state index in [9.17, 15) is 4.39 Å². The summed E-state index contributed by atoms with van der Waals surface area (Å²) in [5, 5.41) is 17.6. The smallest absolute Gasteiger partial charge is 0.741 e. The summed E-state index contributed by atoms with van der Waals surface area (Å²) in [5.41, 5.74) is 1.63. The molecule has 10 heteroatoms. The summed E-state index contributed by atoms with van der Waals surface area (Å²) in [4.78, 5) is 3.83. The first-order valence-corrected chi connectivity index (χ1v) is 10.1. The normalized spacial score (nSPS) is 13.2. The Hall–Kier alpha value is -1.61. The van der Waals surface area contributed by atoms with Gasteiger partial charge in [0.1, 0.15) is 11.5 Å². The largest absolute Gasteiger partial charge is 2.00 e. The summed E-state index contributed by atoms with van der Waals surface area (Å²) in [5.74, 6) is -0.333. The average Bonchev–Trinajstić information content (AvgIpc) is 2.69. The van der Waals surface area contributed by atoms with Crippen LogP contribution in [-0.4, -0.2) is 57.7 Å². The van der Waals surface area contributed by atoms with E-state index >= 15 is 0 Å². The Balaban J connectivity index is 0.00000784. The zero-order valence-electron chi connectivity index (χ0n) is 17.3. The van der Waals surface area contributed by atoms with Crippen LogP contribution in [-0.2, 0) is 42.3 Å². The van der Waals surface area contributed by atoms with E-state index in [1.165, 1.54) is 12.1 Å². The first-order chi connectivity index (χ1) is 13.4. The minimum Gasteiger partial charge on any atom is -0.741 e. The summed E-state index contributed by atoms with van der Waals surface area (Å²) in [6, 6.07) is 5.95. The van der Waals surface area contributed by atoms with Crippen molar-refractivity contribution in [3.05, 3.63) is 35.6 Å². The summed E-state index contributed by atoms with van der Waals surface area (Å²) in [6.45, 7) is 12.7. The zero-order valence-corrected chi connectivity index (χ0v) is 19.9. The summed E-state index contributed by atoms with van der Waals surface area (Å²) < 4.78 is 13.3. The molecule has 0 amide bonds. The molecule has 29 heavy (non-hydrogen) atoms. The predicted molar refractivity (Wildman–Crippen MR) is 121 cm³/mol. The number of benzene rings is 1. The maximum Gasteiger partial charge on any atom is 2.00 e. The van der Waals surface area contributed by atoms with Gasteiger partial charge in [-0.2, -0.15) is 15.3 Å². The number of nitrogens with zero attached hydrogens (tertiary/aromatic N) is 6. The SMILES string of the molecule is CCN(CC)C([S-])=NN=C(C)C(=NN=C([S-])N(CC)CC)c1ccc(F)cc1.[Cu+2]. The Morgan fingerprint density at radius 3 is 1.62 bits per heavy atom. The molecule has 0 saturated heterocycles. The molecule has 0 atom stereocenters. The molecule has 1 aromatic carbocycles. The molecule has 6 nitrogen and oxygen atoms in total. The van der Waals surface area contributed by atoms with E-state index in [4.69, 9.17) is 25.3 Å².